The van der Waals surface area contributed by atoms with Gasteiger partial charge in [0.15, 0.2) is 0 Å². The highest BCUT2D eigenvalue weighted by Crippen LogP contribution is 2.22. The number of aromatic nitrogens is 2. The molecular weight excluding hydrogens is 244 g/mol. The van der Waals surface area contributed by atoms with Gasteiger partial charge < -0.3 is 10.5 Å². The highest BCUT2D eigenvalue weighted by atomic mass is 16.5. The number of nitriles is 1. The Morgan fingerprint density at radius 2 is 2.11 bits per heavy atom. The Kier molecular flexibility index (Phi) is 3.39. The first-order chi connectivity index (χ1) is 9.10. The zero-order valence-corrected chi connectivity index (χ0v) is 10.1. The van der Waals surface area contributed by atoms with Gasteiger partial charge in [0.2, 0.25) is 0 Å². The van der Waals surface area contributed by atoms with Crippen LogP contribution in [0.1, 0.15) is 21.7 Å². The van der Waals surface area contributed by atoms with Crippen LogP contribution in [-0.4, -0.2) is 15.9 Å². The lowest BCUT2D eigenvalue weighted by atomic mass is 10.2. The van der Waals surface area contributed by atoms with Crippen LogP contribution in [0.15, 0.2) is 30.3 Å². The average Bonchev–Trinajstić information content (AvgIpc) is 2.38. The van der Waals surface area contributed by atoms with Crippen LogP contribution < -0.4 is 10.5 Å². The number of nitrogens with two attached hydrogens (primary N) is 1. The molecule has 0 spiro atoms. The lowest BCUT2D eigenvalue weighted by Crippen LogP contribution is -2.12. The van der Waals surface area contributed by atoms with Gasteiger partial charge in [-0.2, -0.15) is 10.2 Å². The molecule has 2 N–H and O–H groups in total. The summed E-state index contributed by atoms with van der Waals surface area (Å²) in [4.78, 5) is 19.2. The van der Waals surface area contributed by atoms with Gasteiger partial charge in [-0.05, 0) is 25.1 Å². The smallest absolute Gasteiger partial charge is 0.323 e. The van der Waals surface area contributed by atoms with Crippen molar-refractivity contribution in [2.24, 2.45) is 5.73 Å². The Morgan fingerprint density at radius 3 is 2.79 bits per heavy atom. The van der Waals surface area contributed by atoms with E-state index in [0.717, 1.165) is 0 Å². The largest absolute Gasteiger partial charge is 0.423 e. The summed E-state index contributed by atoms with van der Waals surface area (Å²) in [5.41, 5.74) is 6.26. The normalized spacial score (nSPS) is 9.68. The van der Waals surface area contributed by atoms with Crippen LogP contribution in [0, 0.1) is 18.3 Å². The molecule has 0 radical (unpaired) electrons. The molecule has 6 nitrogen and oxygen atoms in total. The van der Waals surface area contributed by atoms with Crippen molar-refractivity contribution in [3.05, 3.63) is 47.3 Å². The van der Waals surface area contributed by atoms with Gasteiger partial charge in [0, 0.05) is 5.69 Å². The van der Waals surface area contributed by atoms with E-state index >= 15 is 0 Å². The predicted octanol–water partition coefficient (Wildman–Crippen LogP) is 1.55. The first-order valence-corrected chi connectivity index (χ1v) is 5.42. The third-order valence-electron chi connectivity index (χ3n) is 2.30. The number of carbonyl (C=O) groups excluding carboxylic acids is 1. The zero-order valence-electron chi connectivity index (χ0n) is 10.1. The predicted molar refractivity (Wildman–Crippen MR) is 66.5 cm³/mol. The fourth-order valence-corrected chi connectivity index (χ4v) is 1.50. The number of para-hydroxylation sites is 1. The molecule has 0 bridgehead atoms. The van der Waals surface area contributed by atoms with Gasteiger partial charge in [0.05, 0.1) is 5.56 Å². The minimum absolute atomic E-state index is 0.00486. The maximum absolute atomic E-state index is 11.3. The van der Waals surface area contributed by atoms with Crippen LogP contribution in [0.2, 0.25) is 0 Å². The molecule has 0 saturated carbocycles. The molecule has 2 aromatic rings. The van der Waals surface area contributed by atoms with Crippen LogP contribution in [0.25, 0.3) is 0 Å². The van der Waals surface area contributed by atoms with E-state index < -0.39 is 5.91 Å². The van der Waals surface area contributed by atoms with Crippen molar-refractivity contribution in [2.45, 2.75) is 6.92 Å². The van der Waals surface area contributed by atoms with Crippen molar-refractivity contribution in [3.63, 3.8) is 0 Å². The van der Waals surface area contributed by atoms with Crippen molar-refractivity contribution in [2.75, 3.05) is 0 Å². The molecule has 0 atom stereocenters. The first kappa shape index (κ1) is 12.5. The van der Waals surface area contributed by atoms with E-state index in [1.54, 1.807) is 31.2 Å². The quantitative estimate of drug-likeness (QED) is 0.895. The van der Waals surface area contributed by atoms with Crippen LogP contribution in [0.3, 0.4) is 0 Å². The van der Waals surface area contributed by atoms with Gasteiger partial charge in [-0.1, -0.05) is 12.1 Å². The number of rotatable bonds is 3. The van der Waals surface area contributed by atoms with E-state index in [9.17, 15) is 4.79 Å². The van der Waals surface area contributed by atoms with E-state index in [-0.39, 0.29) is 23.0 Å². The minimum Gasteiger partial charge on any atom is -0.423 e. The maximum Gasteiger partial charge on any atom is 0.323 e. The van der Waals surface area contributed by atoms with Gasteiger partial charge in [-0.15, -0.1) is 0 Å². The standard InChI is InChI=1S/C13H10N4O2/c1-8-6-9(7-14)17-13(16-8)19-11-5-3-2-4-10(11)12(15)18/h2-6H,1H3,(H2,15,18). The van der Waals surface area contributed by atoms with Crippen molar-refractivity contribution in [3.8, 4) is 17.8 Å². The van der Waals surface area contributed by atoms with Crippen LogP contribution in [0.5, 0.6) is 11.8 Å². The molecule has 6 heteroatoms. The summed E-state index contributed by atoms with van der Waals surface area (Å²) in [7, 11) is 0. The topological polar surface area (TPSA) is 102 Å². The van der Waals surface area contributed by atoms with Gasteiger partial charge in [-0.3, -0.25) is 4.79 Å². The fourth-order valence-electron chi connectivity index (χ4n) is 1.50. The number of primary amides is 1. The van der Waals surface area contributed by atoms with E-state index in [0.29, 0.717) is 5.69 Å². The highest BCUT2D eigenvalue weighted by molar-refractivity contribution is 5.95. The Morgan fingerprint density at radius 1 is 1.37 bits per heavy atom. The maximum atomic E-state index is 11.3. The van der Waals surface area contributed by atoms with Gasteiger partial charge in [-0.25, -0.2) is 4.98 Å². The molecule has 19 heavy (non-hydrogen) atoms. The van der Waals surface area contributed by atoms with Crippen molar-refractivity contribution >= 4 is 5.91 Å². The molecular formula is C13H10N4O2. The molecule has 94 valence electrons. The summed E-state index contributed by atoms with van der Waals surface area (Å²) in [6.45, 7) is 1.72. The molecule has 1 amide bonds. The molecule has 0 aliphatic heterocycles. The Hall–Kier alpha value is -2.94. The summed E-state index contributed by atoms with van der Waals surface area (Å²) in [6, 6.07) is 9.94. The lowest BCUT2D eigenvalue weighted by molar-refractivity contribution is 0.0998. The zero-order chi connectivity index (χ0) is 13.8. The van der Waals surface area contributed by atoms with E-state index in [1.165, 1.54) is 6.07 Å². The number of hydrogen-bond acceptors (Lipinski definition) is 5. The van der Waals surface area contributed by atoms with E-state index in [1.807, 2.05) is 6.07 Å². The summed E-state index contributed by atoms with van der Waals surface area (Å²) < 4.78 is 5.42. The van der Waals surface area contributed by atoms with Gasteiger partial charge in [0.1, 0.15) is 17.5 Å². The summed E-state index contributed by atoms with van der Waals surface area (Å²) in [5.74, 6) is -0.353. The lowest BCUT2D eigenvalue weighted by Gasteiger charge is -2.07. The Balaban J connectivity index is 2.39. The number of nitrogens with zero attached hydrogens (tertiary/aromatic N) is 3. The van der Waals surface area contributed by atoms with Crippen molar-refractivity contribution in [1.82, 2.24) is 9.97 Å². The summed E-state index contributed by atoms with van der Waals surface area (Å²) in [6.07, 6.45) is 0. The Bertz CT molecular complexity index is 677. The molecule has 0 unspecified atom stereocenters. The first-order valence-electron chi connectivity index (χ1n) is 5.42. The second-order valence-electron chi connectivity index (χ2n) is 3.75. The van der Waals surface area contributed by atoms with Gasteiger partial charge in [0.25, 0.3) is 5.91 Å². The monoisotopic (exact) mass is 254 g/mol. The number of ether oxygens (including phenoxy) is 1. The number of benzene rings is 1. The van der Waals surface area contributed by atoms with Crippen LogP contribution in [-0.2, 0) is 0 Å². The van der Waals surface area contributed by atoms with E-state index in [2.05, 4.69) is 9.97 Å². The number of hydrogen-bond donors (Lipinski definition) is 1. The summed E-state index contributed by atoms with van der Waals surface area (Å²) >= 11 is 0. The second-order valence-corrected chi connectivity index (χ2v) is 3.75. The molecule has 0 aliphatic rings. The highest BCUT2D eigenvalue weighted by Gasteiger charge is 2.11. The van der Waals surface area contributed by atoms with Crippen molar-refractivity contribution < 1.29 is 9.53 Å². The molecule has 1 heterocycles. The second kappa shape index (κ2) is 5.14. The molecule has 1 aromatic carbocycles. The van der Waals surface area contributed by atoms with Crippen molar-refractivity contribution in [1.29, 1.82) is 5.26 Å². The molecule has 0 fully saturated rings. The fraction of sp³-hybridized carbons (Fsp3) is 0.0769. The Labute approximate surface area is 109 Å². The molecule has 1 aromatic heterocycles. The number of aryl methyl sites for hydroxylation is 1. The third kappa shape index (κ3) is 2.84. The molecule has 0 aliphatic carbocycles. The van der Waals surface area contributed by atoms with Crippen LogP contribution >= 0.6 is 0 Å². The molecule has 0 saturated heterocycles. The average molecular weight is 254 g/mol. The van der Waals surface area contributed by atoms with E-state index in [4.69, 9.17) is 15.7 Å². The number of amides is 1. The third-order valence-corrected chi connectivity index (χ3v) is 2.30. The minimum atomic E-state index is -0.608. The summed E-state index contributed by atoms with van der Waals surface area (Å²) in [5, 5.41) is 8.83. The van der Waals surface area contributed by atoms with Crippen LogP contribution in [0.4, 0.5) is 0 Å². The van der Waals surface area contributed by atoms with Gasteiger partial charge >= 0.3 is 6.01 Å². The number of carbonyl (C=O) groups is 1. The SMILES string of the molecule is Cc1cc(C#N)nc(Oc2ccccc2C(N)=O)n1. The molecule has 2 rings (SSSR count).